The fourth-order valence-corrected chi connectivity index (χ4v) is 5.83. The highest BCUT2D eigenvalue weighted by molar-refractivity contribution is 6.34. The van der Waals surface area contributed by atoms with E-state index >= 15 is 0 Å². The highest BCUT2D eigenvalue weighted by atomic mass is 35.5. The standard InChI is InChI=1S/C33H31ClN4.C3H8/c1-22-10-7-8-20-38(21-9-13-26-25-12-4-6-15-29(25)37-33(26)35-2)32-24(22)17-18-27(31(32)34)30-19-16-23-11-3-5-14-28(23)36-30;1-3-2/h3-7,9-19,30,35-37H,1,8,20-21H2,2H3;3H2,1-2H3/b10-7-,13-9-;. The Balaban J connectivity index is 0.00000108. The second kappa shape index (κ2) is 13.0. The number of fused-ring (bicyclic) bond motifs is 3. The first-order chi connectivity index (χ1) is 20.0. The van der Waals surface area contributed by atoms with Crippen LogP contribution in [0.15, 0.2) is 91.5 Å². The molecular formula is C36H39ClN4. The summed E-state index contributed by atoms with van der Waals surface area (Å²) in [4.78, 5) is 5.85. The summed E-state index contributed by atoms with van der Waals surface area (Å²) in [7, 11) is 1.95. The van der Waals surface area contributed by atoms with E-state index in [2.05, 4.69) is 138 Å². The Labute approximate surface area is 249 Å². The normalized spacial score (nSPS) is 16.7. The van der Waals surface area contributed by atoms with Gasteiger partial charge in [0.2, 0.25) is 0 Å². The molecule has 0 fully saturated rings. The Morgan fingerprint density at radius 3 is 2.66 bits per heavy atom. The van der Waals surface area contributed by atoms with Gasteiger partial charge in [0, 0.05) is 47.9 Å². The van der Waals surface area contributed by atoms with E-state index in [1.54, 1.807) is 0 Å². The third kappa shape index (κ3) is 5.98. The maximum Gasteiger partial charge on any atom is 0.111 e. The van der Waals surface area contributed by atoms with Crippen LogP contribution >= 0.6 is 11.6 Å². The maximum atomic E-state index is 7.26. The minimum atomic E-state index is -0.00116. The van der Waals surface area contributed by atoms with E-state index in [1.807, 2.05) is 7.05 Å². The first-order valence-corrected chi connectivity index (χ1v) is 14.8. The number of halogens is 1. The number of nitrogens with zero attached hydrogens (tertiary/aromatic N) is 1. The van der Waals surface area contributed by atoms with Crippen molar-refractivity contribution in [1.29, 1.82) is 0 Å². The van der Waals surface area contributed by atoms with Crippen LogP contribution in [0, 0.1) is 0 Å². The molecule has 6 rings (SSSR count). The van der Waals surface area contributed by atoms with Crippen LogP contribution in [0.5, 0.6) is 0 Å². The molecule has 1 atom stereocenters. The van der Waals surface area contributed by atoms with Crippen molar-refractivity contribution in [3.8, 4) is 0 Å². The third-order valence-electron chi connectivity index (χ3n) is 7.37. The van der Waals surface area contributed by atoms with E-state index in [1.165, 1.54) is 17.4 Å². The average molecular weight is 563 g/mol. The van der Waals surface area contributed by atoms with Gasteiger partial charge in [0.05, 0.1) is 16.8 Å². The van der Waals surface area contributed by atoms with Gasteiger partial charge in [-0.05, 0) is 35.3 Å². The van der Waals surface area contributed by atoms with Gasteiger partial charge in [-0.25, -0.2) is 0 Å². The molecule has 4 nitrogen and oxygen atoms in total. The second-order valence-corrected chi connectivity index (χ2v) is 10.8. The van der Waals surface area contributed by atoms with E-state index < -0.39 is 0 Å². The number of allylic oxidation sites excluding steroid dienone is 2. The van der Waals surface area contributed by atoms with E-state index in [0.717, 1.165) is 69.5 Å². The molecule has 0 saturated heterocycles. The zero-order valence-corrected chi connectivity index (χ0v) is 24.9. The van der Waals surface area contributed by atoms with Crippen LogP contribution in [0.3, 0.4) is 0 Å². The van der Waals surface area contributed by atoms with Crippen molar-refractivity contribution in [2.24, 2.45) is 0 Å². The molecule has 0 radical (unpaired) electrons. The van der Waals surface area contributed by atoms with Gasteiger partial charge in [0.15, 0.2) is 0 Å². The Bertz CT molecular complexity index is 1620. The summed E-state index contributed by atoms with van der Waals surface area (Å²) in [5.74, 6) is 1.02. The summed E-state index contributed by atoms with van der Waals surface area (Å²) in [6.07, 6.45) is 15.3. The van der Waals surface area contributed by atoms with Crippen LogP contribution in [-0.2, 0) is 0 Å². The molecule has 41 heavy (non-hydrogen) atoms. The van der Waals surface area contributed by atoms with Gasteiger partial charge in [0.1, 0.15) is 5.82 Å². The molecule has 0 saturated carbocycles. The molecule has 0 spiro atoms. The SMILES string of the molecule is C=C1/C=C\CCN(C/C=C\c2c(NC)[nH]c3ccccc23)c2c1ccc(C1C=Cc3ccccc3N1)c2Cl.CCC. The van der Waals surface area contributed by atoms with Crippen LogP contribution in [0.1, 0.15) is 55.0 Å². The minimum absolute atomic E-state index is 0.00116. The molecule has 0 bridgehead atoms. The van der Waals surface area contributed by atoms with Gasteiger partial charge >= 0.3 is 0 Å². The van der Waals surface area contributed by atoms with Crippen LogP contribution in [-0.4, -0.2) is 25.1 Å². The number of anilines is 3. The van der Waals surface area contributed by atoms with Gasteiger partial charge in [-0.15, -0.1) is 0 Å². The first-order valence-electron chi connectivity index (χ1n) is 14.5. The summed E-state index contributed by atoms with van der Waals surface area (Å²) in [6, 6.07) is 21.0. The molecule has 3 heterocycles. The fraction of sp³-hybridized carbons (Fsp3) is 0.222. The number of benzene rings is 3. The maximum absolute atomic E-state index is 7.26. The lowest BCUT2D eigenvalue weighted by atomic mass is 9.94. The lowest BCUT2D eigenvalue weighted by Gasteiger charge is -2.31. The van der Waals surface area contributed by atoms with E-state index in [-0.39, 0.29) is 6.04 Å². The van der Waals surface area contributed by atoms with Crippen molar-refractivity contribution in [2.45, 2.75) is 32.7 Å². The van der Waals surface area contributed by atoms with Crippen LogP contribution in [0.4, 0.5) is 17.2 Å². The molecule has 0 aliphatic carbocycles. The fourth-order valence-electron chi connectivity index (χ4n) is 5.43. The third-order valence-corrected chi connectivity index (χ3v) is 7.77. The largest absolute Gasteiger partial charge is 0.374 e. The number of aromatic amines is 1. The number of hydrogen-bond donors (Lipinski definition) is 3. The van der Waals surface area contributed by atoms with E-state index in [0.29, 0.717) is 0 Å². The zero-order valence-electron chi connectivity index (χ0n) is 24.2. The molecule has 3 N–H and O–H groups in total. The number of aromatic nitrogens is 1. The lowest BCUT2D eigenvalue weighted by molar-refractivity contribution is 0.846. The highest BCUT2D eigenvalue weighted by Crippen LogP contribution is 2.42. The Kier molecular flexibility index (Phi) is 9.01. The molecule has 0 amide bonds. The van der Waals surface area contributed by atoms with Crippen molar-refractivity contribution in [3.63, 3.8) is 0 Å². The molecule has 210 valence electrons. The Morgan fingerprint density at radius 2 is 1.83 bits per heavy atom. The van der Waals surface area contributed by atoms with E-state index in [4.69, 9.17) is 11.6 Å². The monoisotopic (exact) mass is 562 g/mol. The number of nitrogens with one attached hydrogen (secondary N) is 3. The Morgan fingerprint density at radius 1 is 1.05 bits per heavy atom. The van der Waals surface area contributed by atoms with Crippen LogP contribution in [0.2, 0.25) is 5.02 Å². The zero-order chi connectivity index (χ0) is 28.8. The summed E-state index contributed by atoms with van der Waals surface area (Å²) >= 11 is 7.26. The van der Waals surface area contributed by atoms with Gasteiger partial charge in [-0.2, -0.15) is 0 Å². The highest BCUT2D eigenvalue weighted by Gasteiger charge is 2.24. The molecule has 1 aromatic heterocycles. The van der Waals surface area contributed by atoms with Gasteiger partial charge in [-0.1, -0.05) is 123 Å². The van der Waals surface area contributed by atoms with Gasteiger partial charge in [-0.3, -0.25) is 0 Å². The summed E-state index contributed by atoms with van der Waals surface area (Å²) in [5, 5.41) is 8.93. The molecular weight excluding hydrogens is 524 g/mol. The molecule has 2 aliphatic rings. The predicted molar refractivity (Wildman–Crippen MR) is 181 cm³/mol. The van der Waals surface area contributed by atoms with Gasteiger partial charge < -0.3 is 20.5 Å². The first kappa shape index (κ1) is 28.4. The molecule has 3 aromatic carbocycles. The average Bonchev–Trinajstić information content (AvgIpc) is 3.35. The Hall–Kier alpha value is -4.15. The minimum Gasteiger partial charge on any atom is -0.374 e. The van der Waals surface area contributed by atoms with Crippen molar-refractivity contribution in [3.05, 3.63) is 119 Å². The van der Waals surface area contributed by atoms with E-state index in [9.17, 15) is 0 Å². The van der Waals surface area contributed by atoms with Crippen LogP contribution in [0.25, 0.3) is 28.6 Å². The van der Waals surface area contributed by atoms with Crippen molar-refractivity contribution in [2.75, 3.05) is 35.7 Å². The molecule has 5 heteroatoms. The number of para-hydroxylation sites is 2. The lowest BCUT2D eigenvalue weighted by Crippen LogP contribution is -2.27. The quantitative estimate of drug-likeness (QED) is 0.227. The number of hydrogen-bond acceptors (Lipinski definition) is 3. The van der Waals surface area contributed by atoms with Gasteiger partial charge in [0.25, 0.3) is 0 Å². The topological polar surface area (TPSA) is 43.1 Å². The summed E-state index contributed by atoms with van der Waals surface area (Å²) < 4.78 is 0. The molecule has 1 unspecified atom stereocenters. The molecule has 2 aliphatic heterocycles. The van der Waals surface area contributed by atoms with Crippen molar-refractivity contribution in [1.82, 2.24) is 4.98 Å². The van der Waals surface area contributed by atoms with Crippen molar-refractivity contribution >= 4 is 57.4 Å². The number of rotatable bonds is 5. The number of H-pyrrole nitrogens is 1. The summed E-state index contributed by atoms with van der Waals surface area (Å²) in [6.45, 7) is 10.2. The van der Waals surface area contributed by atoms with Crippen molar-refractivity contribution < 1.29 is 0 Å². The second-order valence-electron chi connectivity index (χ2n) is 10.4. The predicted octanol–water partition coefficient (Wildman–Crippen LogP) is 9.95. The smallest absolute Gasteiger partial charge is 0.111 e. The molecule has 4 aromatic rings. The van der Waals surface area contributed by atoms with Crippen LogP contribution < -0.4 is 15.5 Å². The summed E-state index contributed by atoms with van der Waals surface area (Å²) in [5.41, 5.74) is 8.76.